The Hall–Kier alpha value is -1.59. The van der Waals surface area contributed by atoms with Crippen molar-refractivity contribution < 1.29 is 22.8 Å². The maximum Gasteiger partial charge on any atom is 0.421 e. The Morgan fingerprint density at radius 2 is 1.62 bits per heavy atom. The number of hydrogen-bond acceptors (Lipinski definition) is 2. The van der Waals surface area contributed by atoms with Gasteiger partial charge in [-0.25, -0.2) is 0 Å². The molecule has 0 saturated heterocycles. The van der Waals surface area contributed by atoms with E-state index >= 15 is 0 Å². The van der Waals surface area contributed by atoms with Crippen molar-refractivity contribution in [2.75, 3.05) is 6.54 Å². The molecule has 24 heavy (non-hydrogen) atoms. The quantitative estimate of drug-likeness (QED) is 0.653. The maximum absolute atomic E-state index is 13.1. The molecule has 0 unspecified atom stereocenters. The molecule has 3 nitrogen and oxygen atoms in total. The van der Waals surface area contributed by atoms with Crippen LogP contribution < -0.4 is 5.32 Å². The molecule has 0 spiro atoms. The van der Waals surface area contributed by atoms with Crippen molar-refractivity contribution in [3.8, 4) is 0 Å². The van der Waals surface area contributed by atoms with Gasteiger partial charge in [-0.3, -0.25) is 9.59 Å². The van der Waals surface area contributed by atoms with E-state index in [1.807, 2.05) is 20.8 Å². The molecule has 0 aliphatic heterocycles. The van der Waals surface area contributed by atoms with Crippen LogP contribution in [-0.2, 0) is 9.59 Å². The molecule has 1 N–H and O–H groups in total. The second-order valence-electron chi connectivity index (χ2n) is 7.90. The molecule has 0 aliphatic carbocycles. The van der Waals surface area contributed by atoms with Crippen LogP contribution in [-0.4, -0.2) is 24.4 Å². The fourth-order valence-electron chi connectivity index (χ4n) is 1.82. The predicted molar refractivity (Wildman–Crippen MR) is 89.4 cm³/mol. The van der Waals surface area contributed by atoms with Crippen molar-refractivity contribution in [2.45, 2.75) is 60.1 Å². The molecule has 0 aromatic carbocycles. The lowest BCUT2D eigenvalue weighted by Crippen LogP contribution is -2.37. The van der Waals surface area contributed by atoms with E-state index in [0.29, 0.717) is 6.42 Å². The Labute approximate surface area is 142 Å². The molecule has 0 atom stereocenters. The van der Waals surface area contributed by atoms with Gasteiger partial charge in [0.1, 0.15) is 5.57 Å². The Balaban J connectivity index is 5.05. The van der Waals surface area contributed by atoms with E-state index in [1.54, 1.807) is 13.8 Å². The highest BCUT2D eigenvalue weighted by atomic mass is 19.4. The number of amides is 1. The van der Waals surface area contributed by atoms with Crippen LogP contribution in [0.2, 0.25) is 0 Å². The minimum Gasteiger partial charge on any atom is -0.352 e. The first-order valence-corrected chi connectivity index (χ1v) is 7.89. The first-order chi connectivity index (χ1) is 10.7. The summed E-state index contributed by atoms with van der Waals surface area (Å²) < 4.78 is 39.4. The summed E-state index contributed by atoms with van der Waals surface area (Å²) in [5, 5.41) is 2.33. The lowest BCUT2D eigenvalue weighted by molar-refractivity contribution is -0.131. The molecule has 0 fully saturated rings. The summed E-state index contributed by atoms with van der Waals surface area (Å²) in [6.45, 7) is 12.5. The summed E-state index contributed by atoms with van der Waals surface area (Å²) in [6, 6.07) is 0. The molecule has 138 valence electrons. The number of allylic oxidation sites excluding steroid dienone is 2. The smallest absolute Gasteiger partial charge is 0.352 e. The standard InChI is InChI=1S/C18H28F3NO2/c1-7-13(23)8-10-17(5,6)11-9-14(18(19,20)21)15(24)22-12-16(2,3)4/h7,9H,1,8,10-12H2,2-6H3,(H,22,24)/b14-9-. The largest absolute Gasteiger partial charge is 0.421 e. The van der Waals surface area contributed by atoms with Gasteiger partial charge < -0.3 is 5.32 Å². The fourth-order valence-corrected chi connectivity index (χ4v) is 1.82. The number of rotatable bonds is 8. The zero-order valence-electron chi connectivity index (χ0n) is 15.1. The topological polar surface area (TPSA) is 46.2 Å². The second kappa shape index (κ2) is 8.49. The Morgan fingerprint density at radius 3 is 2.04 bits per heavy atom. The van der Waals surface area contributed by atoms with Gasteiger partial charge in [-0.1, -0.05) is 47.3 Å². The Bertz CT molecular complexity index is 497. The number of nitrogens with one attached hydrogen (secondary N) is 1. The second-order valence-corrected chi connectivity index (χ2v) is 7.90. The van der Waals surface area contributed by atoms with Gasteiger partial charge in [0.2, 0.25) is 0 Å². The highest BCUT2D eigenvalue weighted by Gasteiger charge is 2.39. The molecule has 6 heteroatoms. The molecule has 0 aliphatic rings. The average molecular weight is 347 g/mol. The van der Waals surface area contributed by atoms with Crippen LogP contribution in [0.15, 0.2) is 24.3 Å². The van der Waals surface area contributed by atoms with Gasteiger partial charge in [-0.05, 0) is 29.7 Å². The number of carbonyl (C=O) groups excluding carboxylic acids is 2. The van der Waals surface area contributed by atoms with E-state index in [2.05, 4.69) is 11.9 Å². The molecule has 0 saturated carbocycles. The Morgan fingerprint density at radius 1 is 1.08 bits per heavy atom. The van der Waals surface area contributed by atoms with Gasteiger partial charge >= 0.3 is 6.18 Å². The van der Waals surface area contributed by atoms with Gasteiger partial charge in [0, 0.05) is 13.0 Å². The minimum atomic E-state index is -4.71. The van der Waals surface area contributed by atoms with Gasteiger partial charge in [-0.15, -0.1) is 0 Å². The molecule has 0 bridgehead atoms. The molecule has 0 aromatic heterocycles. The minimum absolute atomic E-state index is 0.0508. The van der Waals surface area contributed by atoms with Gasteiger partial charge in [-0.2, -0.15) is 13.2 Å². The molecule has 0 aromatic rings. The molecular weight excluding hydrogens is 319 g/mol. The van der Waals surface area contributed by atoms with Crippen LogP contribution in [0.1, 0.15) is 53.9 Å². The third kappa shape index (κ3) is 9.53. The van der Waals surface area contributed by atoms with Crippen molar-refractivity contribution in [1.82, 2.24) is 5.32 Å². The molecule has 0 rings (SSSR count). The predicted octanol–water partition coefficient (Wildman–Crippen LogP) is 4.59. The monoisotopic (exact) mass is 347 g/mol. The summed E-state index contributed by atoms with van der Waals surface area (Å²) in [5.41, 5.74) is -2.02. The van der Waals surface area contributed by atoms with Crippen molar-refractivity contribution in [2.24, 2.45) is 10.8 Å². The molecule has 0 heterocycles. The highest BCUT2D eigenvalue weighted by molar-refractivity contribution is 5.94. The zero-order chi connectivity index (χ0) is 19.2. The van der Waals surface area contributed by atoms with E-state index in [0.717, 1.165) is 6.08 Å². The highest BCUT2D eigenvalue weighted by Crippen LogP contribution is 2.32. The number of halogens is 3. The van der Waals surface area contributed by atoms with E-state index in [-0.39, 0.29) is 30.6 Å². The lowest BCUT2D eigenvalue weighted by atomic mass is 9.83. The summed E-state index contributed by atoms with van der Waals surface area (Å²) in [6.07, 6.45) is -1.89. The van der Waals surface area contributed by atoms with Crippen LogP contribution >= 0.6 is 0 Å². The third-order valence-corrected chi connectivity index (χ3v) is 3.46. The van der Waals surface area contributed by atoms with Crippen LogP contribution in [0.5, 0.6) is 0 Å². The van der Waals surface area contributed by atoms with Crippen molar-refractivity contribution in [3.63, 3.8) is 0 Å². The SMILES string of the molecule is C=CC(=O)CCC(C)(C)C/C=C(/C(=O)NCC(C)(C)C)C(F)(F)F. The van der Waals surface area contributed by atoms with Crippen LogP contribution in [0.25, 0.3) is 0 Å². The Kier molecular flexibility index (Phi) is 7.93. The summed E-state index contributed by atoms with van der Waals surface area (Å²) in [5.74, 6) is -1.26. The first kappa shape index (κ1) is 22.4. The van der Waals surface area contributed by atoms with Gasteiger partial charge in [0.15, 0.2) is 5.78 Å². The number of alkyl halides is 3. The van der Waals surface area contributed by atoms with E-state index in [1.165, 1.54) is 6.08 Å². The normalized spacial score (nSPS) is 13.6. The van der Waals surface area contributed by atoms with E-state index in [9.17, 15) is 22.8 Å². The van der Waals surface area contributed by atoms with Crippen molar-refractivity contribution in [3.05, 3.63) is 24.3 Å². The van der Waals surface area contributed by atoms with E-state index in [4.69, 9.17) is 0 Å². The average Bonchev–Trinajstić information content (AvgIpc) is 2.40. The number of hydrogen-bond donors (Lipinski definition) is 1. The summed E-state index contributed by atoms with van der Waals surface area (Å²) in [4.78, 5) is 23.2. The molecule has 1 amide bonds. The zero-order valence-corrected chi connectivity index (χ0v) is 15.1. The van der Waals surface area contributed by atoms with Gasteiger partial charge in [0.25, 0.3) is 5.91 Å². The first-order valence-electron chi connectivity index (χ1n) is 7.89. The molecular formula is C18H28F3NO2. The van der Waals surface area contributed by atoms with Gasteiger partial charge in [0.05, 0.1) is 0 Å². The number of carbonyl (C=O) groups is 2. The van der Waals surface area contributed by atoms with E-state index < -0.39 is 23.1 Å². The summed E-state index contributed by atoms with van der Waals surface area (Å²) in [7, 11) is 0. The van der Waals surface area contributed by atoms with Crippen molar-refractivity contribution >= 4 is 11.7 Å². The van der Waals surface area contributed by atoms with Crippen LogP contribution in [0, 0.1) is 10.8 Å². The molecule has 0 radical (unpaired) electrons. The third-order valence-electron chi connectivity index (χ3n) is 3.46. The lowest BCUT2D eigenvalue weighted by Gasteiger charge is -2.24. The summed E-state index contributed by atoms with van der Waals surface area (Å²) >= 11 is 0. The van der Waals surface area contributed by atoms with Crippen LogP contribution in [0.4, 0.5) is 13.2 Å². The fraction of sp³-hybridized carbons (Fsp3) is 0.667. The number of ketones is 1. The van der Waals surface area contributed by atoms with Crippen LogP contribution in [0.3, 0.4) is 0 Å². The maximum atomic E-state index is 13.1. The van der Waals surface area contributed by atoms with Crippen molar-refractivity contribution in [1.29, 1.82) is 0 Å².